The Hall–Kier alpha value is -1.92. The van der Waals surface area contributed by atoms with Crippen LogP contribution < -0.4 is 0 Å². The zero-order valence-electron chi connectivity index (χ0n) is 15.4. The van der Waals surface area contributed by atoms with E-state index in [9.17, 15) is 9.59 Å². The molecular weight excluding hydrogens is 320 g/mol. The molecule has 0 aliphatic carbocycles. The van der Waals surface area contributed by atoms with Gasteiger partial charge in [-0.3, -0.25) is 9.59 Å². The van der Waals surface area contributed by atoms with Crippen molar-refractivity contribution < 1.29 is 14.0 Å². The van der Waals surface area contributed by atoms with Crippen molar-refractivity contribution in [2.75, 3.05) is 26.2 Å². The molecule has 7 nitrogen and oxygen atoms in total. The average Bonchev–Trinajstić information content (AvgIpc) is 3.12. The van der Waals surface area contributed by atoms with Crippen LogP contribution in [0, 0.1) is 5.92 Å². The number of rotatable bonds is 3. The van der Waals surface area contributed by atoms with Gasteiger partial charge in [-0.15, -0.1) is 10.2 Å². The molecule has 0 bridgehead atoms. The standard InChI is InChI=1S/C18H28N4O3/c1-12(2)16-19-20-17(25-16)14-4-10-22(11-5-14)18(24)15-6-8-21(9-7-15)13(3)23/h12,14-15H,4-11H2,1-3H3. The van der Waals surface area contributed by atoms with E-state index >= 15 is 0 Å². The SMILES string of the molecule is CC(=O)N1CCC(C(=O)N2CCC(c3nnc(C(C)C)o3)CC2)CC1. The molecule has 2 saturated heterocycles. The second kappa shape index (κ2) is 7.54. The van der Waals surface area contributed by atoms with Gasteiger partial charge in [0.15, 0.2) is 0 Å². The molecule has 3 rings (SSSR count). The van der Waals surface area contributed by atoms with Crippen LogP contribution in [-0.4, -0.2) is 58.0 Å². The van der Waals surface area contributed by atoms with Gasteiger partial charge in [-0.2, -0.15) is 0 Å². The lowest BCUT2D eigenvalue weighted by atomic mass is 9.92. The molecular formula is C18H28N4O3. The quantitative estimate of drug-likeness (QED) is 0.836. The maximum atomic E-state index is 12.7. The van der Waals surface area contributed by atoms with Gasteiger partial charge in [0.05, 0.1) is 0 Å². The molecule has 2 amide bonds. The Balaban J connectivity index is 1.50. The number of carbonyl (C=O) groups excluding carboxylic acids is 2. The van der Waals surface area contributed by atoms with Crippen LogP contribution in [0.5, 0.6) is 0 Å². The first-order valence-corrected chi connectivity index (χ1v) is 9.33. The Morgan fingerprint density at radius 2 is 1.60 bits per heavy atom. The third kappa shape index (κ3) is 4.02. The van der Waals surface area contributed by atoms with Gasteiger partial charge in [0.2, 0.25) is 23.6 Å². The molecule has 1 aromatic heterocycles. The fraction of sp³-hybridized carbons (Fsp3) is 0.778. The molecule has 2 aliphatic rings. The normalized spacial score (nSPS) is 20.3. The molecule has 1 aromatic rings. The number of nitrogens with zero attached hydrogens (tertiary/aromatic N) is 4. The summed E-state index contributed by atoms with van der Waals surface area (Å²) < 4.78 is 5.77. The first-order chi connectivity index (χ1) is 12.0. The number of aromatic nitrogens is 2. The second-order valence-electron chi connectivity index (χ2n) is 7.51. The van der Waals surface area contributed by atoms with E-state index < -0.39 is 0 Å². The van der Waals surface area contributed by atoms with E-state index in [4.69, 9.17) is 4.42 Å². The summed E-state index contributed by atoms with van der Waals surface area (Å²) in [5.74, 6) is 2.30. The van der Waals surface area contributed by atoms with E-state index in [1.54, 1.807) is 6.92 Å². The number of amides is 2. The van der Waals surface area contributed by atoms with Crippen molar-refractivity contribution in [3.05, 3.63) is 11.8 Å². The molecule has 0 radical (unpaired) electrons. The van der Waals surface area contributed by atoms with Crippen LogP contribution >= 0.6 is 0 Å². The number of hydrogen-bond acceptors (Lipinski definition) is 5. The lowest BCUT2D eigenvalue weighted by Gasteiger charge is -2.36. The second-order valence-corrected chi connectivity index (χ2v) is 7.51. The van der Waals surface area contributed by atoms with Crippen molar-refractivity contribution in [1.82, 2.24) is 20.0 Å². The predicted molar refractivity (Wildman–Crippen MR) is 91.9 cm³/mol. The van der Waals surface area contributed by atoms with Gasteiger partial charge in [0.1, 0.15) is 0 Å². The zero-order valence-corrected chi connectivity index (χ0v) is 15.4. The number of hydrogen-bond donors (Lipinski definition) is 0. The molecule has 0 saturated carbocycles. The summed E-state index contributed by atoms with van der Waals surface area (Å²) in [7, 11) is 0. The Morgan fingerprint density at radius 1 is 1.00 bits per heavy atom. The minimum Gasteiger partial charge on any atom is -0.425 e. The van der Waals surface area contributed by atoms with Gasteiger partial charge < -0.3 is 14.2 Å². The van der Waals surface area contributed by atoms with Crippen molar-refractivity contribution in [3.63, 3.8) is 0 Å². The van der Waals surface area contributed by atoms with E-state index in [1.165, 1.54) is 0 Å². The summed E-state index contributed by atoms with van der Waals surface area (Å²) in [5, 5.41) is 8.30. The van der Waals surface area contributed by atoms with Crippen molar-refractivity contribution >= 4 is 11.8 Å². The van der Waals surface area contributed by atoms with Gasteiger partial charge in [-0.1, -0.05) is 13.8 Å². The summed E-state index contributed by atoms with van der Waals surface area (Å²) in [4.78, 5) is 27.9. The highest BCUT2D eigenvalue weighted by Gasteiger charge is 2.33. The van der Waals surface area contributed by atoms with E-state index in [0.29, 0.717) is 24.9 Å². The molecule has 2 fully saturated rings. The Bertz CT molecular complexity index is 612. The molecule has 25 heavy (non-hydrogen) atoms. The summed E-state index contributed by atoms with van der Waals surface area (Å²) in [5.41, 5.74) is 0. The maximum absolute atomic E-state index is 12.7. The fourth-order valence-corrected chi connectivity index (χ4v) is 3.69. The van der Waals surface area contributed by atoms with Crippen LogP contribution in [0.4, 0.5) is 0 Å². The van der Waals surface area contributed by atoms with Crippen molar-refractivity contribution in [2.45, 2.75) is 58.3 Å². The Labute approximate surface area is 148 Å². The monoisotopic (exact) mass is 348 g/mol. The maximum Gasteiger partial charge on any atom is 0.225 e. The van der Waals surface area contributed by atoms with Gasteiger partial charge in [0, 0.05) is 50.9 Å². The zero-order chi connectivity index (χ0) is 18.0. The summed E-state index contributed by atoms with van der Waals surface area (Å²) in [6.07, 6.45) is 3.30. The third-order valence-electron chi connectivity index (χ3n) is 5.40. The summed E-state index contributed by atoms with van der Waals surface area (Å²) >= 11 is 0. The van der Waals surface area contributed by atoms with E-state index in [0.717, 1.165) is 38.8 Å². The Kier molecular flexibility index (Phi) is 5.39. The smallest absolute Gasteiger partial charge is 0.225 e. The largest absolute Gasteiger partial charge is 0.425 e. The molecule has 3 heterocycles. The minimum atomic E-state index is 0.0584. The van der Waals surface area contributed by atoms with Gasteiger partial charge in [-0.05, 0) is 25.7 Å². The first kappa shape index (κ1) is 17.9. The van der Waals surface area contributed by atoms with E-state index in [2.05, 4.69) is 10.2 Å². The lowest BCUT2D eigenvalue weighted by Crippen LogP contribution is -2.46. The molecule has 138 valence electrons. The Morgan fingerprint density at radius 3 is 2.12 bits per heavy atom. The van der Waals surface area contributed by atoms with Crippen molar-refractivity contribution in [1.29, 1.82) is 0 Å². The molecule has 0 spiro atoms. The highest BCUT2D eigenvalue weighted by molar-refractivity contribution is 5.79. The van der Waals surface area contributed by atoms with Gasteiger partial charge >= 0.3 is 0 Å². The van der Waals surface area contributed by atoms with Crippen LogP contribution in [0.15, 0.2) is 4.42 Å². The first-order valence-electron chi connectivity index (χ1n) is 9.33. The highest BCUT2D eigenvalue weighted by atomic mass is 16.4. The number of likely N-dealkylation sites (tertiary alicyclic amines) is 2. The van der Waals surface area contributed by atoms with Crippen LogP contribution in [-0.2, 0) is 9.59 Å². The number of carbonyl (C=O) groups is 2. The average molecular weight is 348 g/mol. The molecule has 0 N–H and O–H groups in total. The predicted octanol–water partition coefficient (Wildman–Crippen LogP) is 2.16. The fourth-order valence-electron chi connectivity index (χ4n) is 3.69. The van der Waals surface area contributed by atoms with Gasteiger partial charge in [0.25, 0.3) is 0 Å². The lowest BCUT2D eigenvalue weighted by molar-refractivity contribution is -0.141. The summed E-state index contributed by atoms with van der Waals surface area (Å²) in [6, 6.07) is 0. The minimum absolute atomic E-state index is 0.0584. The number of piperidine rings is 2. The van der Waals surface area contributed by atoms with Crippen LogP contribution in [0.1, 0.15) is 70.1 Å². The highest BCUT2D eigenvalue weighted by Crippen LogP contribution is 2.30. The molecule has 0 atom stereocenters. The summed E-state index contributed by atoms with van der Waals surface area (Å²) in [6.45, 7) is 8.55. The molecule has 0 unspecified atom stereocenters. The van der Waals surface area contributed by atoms with E-state index in [1.807, 2.05) is 23.6 Å². The van der Waals surface area contributed by atoms with Gasteiger partial charge in [-0.25, -0.2) is 0 Å². The third-order valence-corrected chi connectivity index (χ3v) is 5.40. The van der Waals surface area contributed by atoms with Crippen LogP contribution in [0.25, 0.3) is 0 Å². The molecule has 0 aromatic carbocycles. The van der Waals surface area contributed by atoms with Crippen LogP contribution in [0.2, 0.25) is 0 Å². The van der Waals surface area contributed by atoms with Crippen LogP contribution in [0.3, 0.4) is 0 Å². The van der Waals surface area contributed by atoms with Crippen molar-refractivity contribution in [3.8, 4) is 0 Å². The molecule has 2 aliphatic heterocycles. The van der Waals surface area contributed by atoms with E-state index in [-0.39, 0.29) is 29.6 Å². The topological polar surface area (TPSA) is 79.5 Å². The molecule has 7 heteroatoms. The van der Waals surface area contributed by atoms with Crippen molar-refractivity contribution in [2.24, 2.45) is 5.92 Å².